The van der Waals surface area contributed by atoms with Gasteiger partial charge in [0.15, 0.2) is 0 Å². The topological polar surface area (TPSA) is 29.5 Å². The molecule has 0 atom stereocenters. The van der Waals surface area contributed by atoms with Gasteiger partial charge in [-0.15, -0.1) is 0 Å². The van der Waals surface area contributed by atoms with Gasteiger partial charge in [-0.2, -0.15) is 0 Å². The Bertz CT molecular complexity index is 558. The molecule has 0 aliphatic carbocycles. The van der Waals surface area contributed by atoms with Gasteiger partial charge in [0.2, 0.25) is 0 Å². The van der Waals surface area contributed by atoms with Crippen LogP contribution in [0.5, 0.6) is 11.5 Å². The molecule has 5 heteroatoms. The normalized spacial score (nSPS) is 10.4. The van der Waals surface area contributed by atoms with Crippen LogP contribution in [0.4, 0.5) is 4.39 Å². The maximum atomic E-state index is 13.3. The van der Waals surface area contributed by atoms with Gasteiger partial charge < -0.3 is 9.84 Å². The lowest BCUT2D eigenvalue weighted by atomic mass is 10.2. The Morgan fingerprint density at radius 1 is 1.22 bits per heavy atom. The summed E-state index contributed by atoms with van der Waals surface area (Å²) in [6.07, 6.45) is 0. The highest BCUT2D eigenvalue weighted by Gasteiger charge is 2.08. The third kappa shape index (κ3) is 3.02. The number of aliphatic hydroxyl groups excluding tert-OH is 1. The van der Waals surface area contributed by atoms with E-state index >= 15 is 0 Å². The van der Waals surface area contributed by atoms with E-state index in [1.165, 1.54) is 12.1 Å². The first kappa shape index (κ1) is 13.3. The molecule has 0 bridgehead atoms. The third-order valence-electron chi connectivity index (χ3n) is 2.31. The van der Waals surface area contributed by atoms with Gasteiger partial charge in [-0.25, -0.2) is 4.39 Å². The van der Waals surface area contributed by atoms with Gasteiger partial charge in [0.05, 0.1) is 16.1 Å². The van der Waals surface area contributed by atoms with Crippen molar-refractivity contribution < 1.29 is 14.2 Å². The molecule has 2 aromatic carbocycles. The summed E-state index contributed by atoms with van der Waals surface area (Å²) in [4.78, 5) is 0. The van der Waals surface area contributed by atoms with Crippen molar-refractivity contribution in [2.45, 2.75) is 6.61 Å². The second-order valence-corrected chi connectivity index (χ2v) is 4.86. The van der Waals surface area contributed by atoms with E-state index < -0.39 is 5.82 Å². The Morgan fingerprint density at radius 2 is 1.89 bits per heavy atom. The molecule has 0 heterocycles. The summed E-state index contributed by atoms with van der Waals surface area (Å²) in [5, 5.41) is 8.95. The minimum atomic E-state index is -0.540. The number of ether oxygens (including phenoxy) is 1. The van der Waals surface area contributed by atoms with E-state index in [4.69, 9.17) is 21.4 Å². The number of hydrogen-bond acceptors (Lipinski definition) is 2. The molecule has 2 aromatic rings. The third-order valence-corrected chi connectivity index (χ3v) is 3.22. The minimum absolute atomic E-state index is 0.0282. The van der Waals surface area contributed by atoms with Gasteiger partial charge in [-0.05, 0) is 39.7 Å². The van der Waals surface area contributed by atoms with Gasteiger partial charge in [0.25, 0.3) is 0 Å². The van der Waals surface area contributed by atoms with Crippen molar-refractivity contribution in [2.75, 3.05) is 0 Å². The number of halogens is 3. The summed E-state index contributed by atoms with van der Waals surface area (Å²) in [5.74, 6) is 0.352. The van der Waals surface area contributed by atoms with E-state index in [1.807, 2.05) is 0 Å². The molecule has 0 aliphatic heterocycles. The first-order valence-electron chi connectivity index (χ1n) is 5.12. The molecule has 0 aromatic heterocycles. The molecule has 0 radical (unpaired) electrons. The lowest BCUT2D eigenvalue weighted by Gasteiger charge is -2.09. The van der Waals surface area contributed by atoms with Crippen LogP contribution >= 0.6 is 27.5 Å². The minimum Gasteiger partial charge on any atom is -0.456 e. The molecule has 0 fully saturated rings. The lowest BCUT2D eigenvalue weighted by molar-refractivity contribution is 0.281. The van der Waals surface area contributed by atoms with Crippen LogP contribution < -0.4 is 4.74 Å². The van der Waals surface area contributed by atoms with Gasteiger partial charge in [0, 0.05) is 6.07 Å². The second kappa shape index (κ2) is 5.69. The Kier molecular flexibility index (Phi) is 4.22. The fourth-order valence-corrected chi connectivity index (χ4v) is 2.09. The molecule has 2 rings (SSSR count). The molecule has 0 saturated carbocycles. The zero-order chi connectivity index (χ0) is 13.1. The van der Waals surface area contributed by atoms with E-state index in [9.17, 15) is 4.39 Å². The SMILES string of the molecule is OCc1ccc(Oc2cc(F)c(Cl)cc2Br)cc1. The second-order valence-electron chi connectivity index (χ2n) is 3.60. The van der Waals surface area contributed by atoms with Crippen LogP contribution in [0.15, 0.2) is 40.9 Å². The van der Waals surface area contributed by atoms with Crippen LogP contribution in [0.25, 0.3) is 0 Å². The number of aliphatic hydroxyl groups is 1. The Balaban J connectivity index is 2.25. The van der Waals surface area contributed by atoms with Crippen molar-refractivity contribution in [2.24, 2.45) is 0 Å². The smallest absolute Gasteiger partial charge is 0.145 e. The highest BCUT2D eigenvalue weighted by atomic mass is 79.9. The molecule has 0 saturated heterocycles. The van der Waals surface area contributed by atoms with E-state index in [0.717, 1.165) is 5.56 Å². The predicted molar refractivity (Wildman–Crippen MR) is 71.5 cm³/mol. The number of benzene rings is 2. The van der Waals surface area contributed by atoms with Crippen LogP contribution in [0, 0.1) is 5.82 Å². The zero-order valence-electron chi connectivity index (χ0n) is 9.16. The molecule has 2 nitrogen and oxygen atoms in total. The summed E-state index contributed by atoms with van der Waals surface area (Å²) < 4.78 is 19.4. The summed E-state index contributed by atoms with van der Waals surface area (Å²) in [5.41, 5.74) is 0.781. The average Bonchev–Trinajstić information content (AvgIpc) is 2.37. The fraction of sp³-hybridized carbons (Fsp3) is 0.0769. The lowest BCUT2D eigenvalue weighted by Crippen LogP contribution is -1.89. The van der Waals surface area contributed by atoms with Crippen molar-refractivity contribution in [3.05, 3.63) is 57.3 Å². The summed E-state index contributed by atoms with van der Waals surface area (Å²) in [6, 6.07) is 9.51. The van der Waals surface area contributed by atoms with Gasteiger partial charge >= 0.3 is 0 Å². The highest BCUT2D eigenvalue weighted by Crippen LogP contribution is 2.33. The predicted octanol–water partition coefficient (Wildman–Crippen LogP) is 4.53. The highest BCUT2D eigenvalue weighted by molar-refractivity contribution is 9.10. The fourth-order valence-electron chi connectivity index (χ4n) is 1.37. The number of hydrogen-bond donors (Lipinski definition) is 1. The van der Waals surface area contributed by atoms with Gasteiger partial charge in [0.1, 0.15) is 17.3 Å². The standard InChI is InChI=1S/C13H9BrClFO2/c14-10-5-11(15)12(16)6-13(10)18-9-3-1-8(7-17)2-4-9/h1-6,17H,7H2. The molecule has 0 amide bonds. The van der Waals surface area contributed by atoms with E-state index in [-0.39, 0.29) is 11.6 Å². The first-order chi connectivity index (χ1) is 8.60. The van der Waals surface area contributed by atoms with Gasteiger partial charge in [-0.1, -0.05) is 23.7 Å². The Morgan fingerprint density at radius 3 is 2.50 bits per heavy atom. The molecule has 1 N–H and O–H groups in total. The molecular formula is C13H9BrClFO2. The van der Waals surface area contributed by atoms with Crippen molar-refractivity contribution in [1.29, 1.82) is 0 Å². The molecule has 94 valence electrons. The number of rotatable bonds is 3. The summed E-state index contributed by atoms with van der Waals surface area (Å²) in [7, 11) is 0. The van der Waals surface area contributed by atoms with E-state index in [1.54, 1.807) is 24.3 Å². The average molecular weight is 332 g/mol. The van der Waals surface area contributed by atoms with Crippen LogP contribution in [-0.2, 0) is 6.61 Å². The molecule has 0 aliphatic rings. The van der Waals surface area contributed by atoms with Crippen LogP contribution in [-0.4, -0.2) is 5.11 Å². The summed E-state index contributed by atoms with van der Waals surface area (Å²) in [6.45, 7) is -0.0282. The van der Waals surface area contributed by atoms with Crippen LogP contribution in [0.3, 0.4) is 0 Å². The van der Waals surface area contributed by atoms with Crippen molar-refractivity contribution in [3.8, 4) is 11.5 Å². The van der Waals surface area contributed by atoms with Crippen molar-refractivity contribution in [3.63, 3.8) is 0 Å². The maximum Gasteiger partial charge on any atom is 0.145 e. The Labute approximate surface area is 117 Å². The molecular weight excluding hydrogens is 322 g/mol. The van der Waals surface area contributed by atoms with E-state index in [2.05, 4.69) is 15.9 Å². The molecule has 18 heavy (non-hydrogen) atoms. The van der Waals surface area contributed by atoms with Crippen molar-refractivity contribution in [1.82, 2.24) is 0 Å². The monoisotopic (exact) mass is 330 g/mol. The summed E-state index contributed by atoms with van der Waals surface area (Å²) >= 11 is 8.89. The van der Waals surface area contributed by atoms with Crippen LogP contribution in [0.2, 0.25) is 5.02 Å². The quantitative estimate of drug-likeness (QED) is 0.838. The van der Waals surface area contributed by atoms with Gasteiger partial charge in [-0.3, -0.25) is 0 Å². The molecule has 0 spiro atoms. The molecule has 0 unspecified atom stereocenters. The largest absolute Gasteiger partial charge is 0.456 e. The van der Waals surface area contributed by atoms with E-state index in [0.29, 0.717) is 16.0 Å². The maximum absolute atomic E-state index is 13.3. The Hall–Kier alpha value is -1.10. The first-order valence-corrected chi connectivity index (χ1v) is 6.29. The van der Waals surface area contributed by atoms with Crippen LogP contribution in [0.1, 0.15) is 5.56 Å². The van der Waals surface area contributed by atoms with Crippen molar-refractivity contribution >= 4 is 27.5 Å². The zero-order valence-corrected chi connectivity index (χ0v) is 11.5.